The number of piperazine rings is 1. The van der Waals surface area contributed by atoms with Crippen molar-refractivity contribution in [2.24, 2.45) is 0 Å². The van der Waals surface area contributed by atoms with Crippen LogP contribution >= 0.6 is 11.6 Å². The summed E-state index contributed by atoms with van der Waals surface area (Å²) in [5.74, 6) is -0.905. The Labute approximate surface area is 315 Å². The molecular formula is C38H41ClF4N8O3. The van der Waals surface area contributed by atoms with Crippen LogP contribution in [0.15, 0.2) is 36.5 Å². The molecule has 2 aromatic heterocycles. The fourth-order valence-electron chi connectivity index (χ4n) is 9.13. The van der Waals surface area contributed by atoms with E-state index in [4.69, 9.17) is 26.1 Å². The van der Waals surface area contributed by atoms with E-state index in [0.29, 0.717) is 44.8 Å². The predicted octanol–water partition coefficient (Wildman–Crippen LogP) is 5.73. The number of pyridine rings is 1. The van der Waals surface area contributed by atoms with Crippen molar-refractivity contribution in [3.63, 3.8) is 0 Å². The van der Waals surface area contributed by atoms with Gasteiger partial charge in [0.1, 0.15) is 29.8 Å². The largest absolute Gasteiger partial charge is 0.461 e. The van der Waals surface area contributed by atoms with E-state index in [2.05, 4.69) is 25.8 Å². The number of rotatable bonds is 10. The molecule has 11 nitrogen and oxygen atoms in total. The van der Waals surface area contributed by atoms with Gasteiger partial charge in [-0.25, -0.2) is 17.6 Å². The Morgan fingerprint density at radius 3 is 2.76 bits per heavy atom. The summed E-state index contributed by atoms with van der Waals surface area (Å²) >= 11 is 6.13. The molecule has 8 rings (SSSR count). The molecule has 286 valence electrons. The Morgan fingerprint density at radius 1 is 1.17 bits per heavy atom. The van der Waals surface area contributed by atoms with Crippen molar-refractivity contribution in [2.75, 3.05) is 64.0 Å². The quantitative estimate of drug-likeness (QED) is 0.188. The van der Waals surface area contributed by atoms with E-state index in [-0.39, 0.29) is 77.6 Å². The van der Waals surface area contributed by atoms with Crippen molar-refractivity contribution in [1.29, 1.82) is 5.26 Å². The second-order valence-corrected chi connectivity index (χ2v) is 15.3. The minimum atomic E-state index is -3.00. The Bertz CT molecular complexity index is 1970. The Balaban J connectivity index is 1.10. The normalized spacial score (nSPS) is 27.4. The highest BCUT2D eigenvalue weighted by Crippen LogP contribution is 2.42. The number of benzene rings is 1. The van der Waals surface area contributed by atoms with Crippen molar-refractivity contribution >= 4 is 34.2 Å². The molecule has 54 heavy (non-hydrogen) atoms. The lowest BCUT2D eigenvalue weighted by molar-refractivity contribution is -0.128. The van der Waals surface area contributed by atoms with Crippen LogP contribution in [0.5, 0.6) is 6.01 Å². The number of nitriles is 1. The first kappa shape index (κ1) is 36.9. The number of hydrogen-bond donors (Lipinski definition) is 0. The summed E-state index contributed by atoms with van der Waals surface area (Å²) < 4.78 is 71.4. The van der Waals surface area contributed by atoms with E-state index in [1.807, 2.05) is 11.0 Å². The van der Waals surface area contributed by atoms with Gasteiger partial charge in [-0.3, -0.25) is 19.6 Å². The smallest absolute Gasteiger partial charge is 0.319 e. The monoisotopic (exact) mass is 768 g/mol. The second kappa shape index (κ2) is 15.2. The number of aromatic nitrogens is 3. The molecule has 0 saturated carbocycles. The van der Waals surface area contributed by atoms with Crippen molar-refractivity contribution in [1.82, 2.24) is 29.7 Å². The van der Waals surface area contributed by atoms with Crippen molar-refractivity contribution in [3.8, 4) is 23.3 Å². The fraction of sp³-hybridized carbons (Fsp3) is 0.553. The van der Waals surface area contributed by atoms with Crippen LogP contribution in [0.1, 0.15) is 50.5 Å². The lowest BCUT2D eigenvalue weighted by Gasteiger charge is -2.41. The lowest BCUT2D eigenvalue weighted by atomic mass is 9.95. The minimum Gasteiger partial charge on any atom is -0.461 e. The maximum Gasteiger partial charge on any atom is 0.319 e. The van der Waals surface area contributed by atoms with Gasteiger partial charge in [-0.05, 0) is 38.3 Å². The van der Waals surface area contributed by atoms with Crippen LogP contribution in [0.3, 0.4) is 0 Å². The zero-order valence-electron chi connectivity index (χ0n) is 29.6. The van der Waals surface area contributed by atoms with Crippen LogP contribution in [-0.4, -0.2) is 124 Å². The van der Waals surface area contributed by atoms with Crippen LogP contribution < -0.4 is 9.64 Å². The second-order valence-electron chi connectivity index (χ2n) is 14.9. The van der Waals surface area contributed by atoms with Gasteiger partial charge < -0.3 is 19.3 Å². The molecule has 0 spiro atoms. The van der Waals surface area contributed by atoms with E-state index in [1.165, 1.54) is 24.4 Å². The third kappa shape index (κ3) is 6.86. The molecule has 0 aliphatic carbocycles. The topological polar surface area (TPSA) is 111 Å². The molecule has 5 atom stereocenters. The average Bonchev–Trinajstić information content (AvgIpc) is 3.75. The maximum atomic E-state index is 16.6. The highest BCUT2D eigenvalue weighted by atomic mass is 35.5. The summed E-state index contributed by atoms with van der Waals surface area (Å²) in [5, 5.41) is 9.76. The van der Waals surface area contributed by atoms with Gasteiger partial charge in [-0.2, -0.15) is 15.2 Å². The number of amides is 1. The van der Waals surface area contributed by atoms with Gasteiger partial charge in [0.15, 0.2) is 5.82 Å². The summed E-state index contributed by atoms with van der Waals surface area (Å²) in [6.07, 6.45) is 4.93. The molecule has 0 unspecified atom stereocenters. The Kier molecular flexibility index (Phi) is 10.4. The minimum absolute atomic E-state index is 0.0424. The Hall–Kier alpha value is -4.10. The predicted molar refractivity (Wildman–Crippen MR) is 193 cm³/mol. The van der Waals surface area contributed by atoms with Gasteiger partial charge in [0.05, 0.1) is 47.7 Å². The van der Waals surface area contributed by atoms with Gasteiger partial charge in [-0.1, -0.05) is 29.8 Å². The molecular weight excluding hydrogens is 728 g/mol. The van der Waals surface area contributed by atoms with Crippen LogP contribution in [0.25, 0.3) is 22.2 Å². The number of halogens is 5. The Morgan fingerprint density at radius 2 is 1.98 bits per heavy atom. The number of carbonyl (C=O) groups excluding carboxylic acids is 1. The molecule has 16 heteroatoms. The van der Waals surface area contributed by atoms with Gasteiger partial charge in [0.2, 0.25) is 5.91 Å². The highest BCUT2D eigenvalue weighted by Gasteiger charge is 2.49. The molecule has 0 N–H and O–H groups in total. The standard InChI is InChI=1S/C38H41ClF4N8O3/c39-29-5-1-4-27(31(29)35(42)43)33-32(41)34-28(17-45-33)36(47-37(46-34)54-22-38-10-3-12-49(38)18-23(40)16-38)48-14-15-51(24(19-48)9-11-44)30(52)6-2-13-50-25-7-8-26(50)21-53-20-25/h1-2,4-6,17,23-26,35H,3,7-10,12-16,18-22H2/b6-2+/t23-,24+,25-,26+,38+/m1/s1. The van der Waals surface area contributed by atoms with Crippen LogP contribution in [0.4, 0.5) is 23.4 Å². The summed E-state index contributed by atoms with van der Waals surface area (Å²) in [4.78, 5) is 35.0. The zero-order chi connectivity index (χ0) is 37.6. The SMILES string of the molecule is N#CC[C@H]1CN(c2nc(OC[C@@]34CCCN3C[C@H](F)C4)nc3c(F)c(-c4cccc(Cl)c4C(F)F)ncc23)CCN1C(=O)/C=C/CN1[C@@H]2CC[C@H]1COC2. The number of hydrogen-bond acceptors (Lipinski definition) is 10. The number of alkyl halides is 3. The molecule has 5 aliphatic rings. The number of fused-ring (bicyclic) bond motifs is 4. The van der Waals surface area contributed by atoms with Crippen molar-refractivity contribution < 1.29 is 31.8 Å². The molecule has 2 bridgehead atoms. The van der Waals surface area contributed by atoms with Crippen LogP contribution in [0, 0.1) is 17.1 Å². The molecule has 5 fully saturated rings. The first-order valence-electron chi connectivity index (χ1n) is 18.5. The van der Waals surface area contributed by atoms with Crippen molar-refractivity contribution in [3.05, 3.63) is 53.0 Å². The number of carbonyl (C=O) groups is 1. The van der Waals surface area contributed by atoms with Gasteiger partial charge in [-0.15, -0.1) is 0 Å². The van der Waals surface area contributed by atoms with Gasteiger partial charge in [0.25, 0.3) is 6.43 Å². The van der Waals surface area contributed by atoms with Gasteiger partial charge in [0, 0.05) is 74.6 Å². The molecule has 1 amide bonds. The average molecular weight is 769 g/mol. The summed E-state index contributed by atoms with van der Waals surface area (Å²) in [6, 6.07) is 6.31. The number of ether oxygens (including phenoxy) is 2. The van der Waals surface area contributed by atoms with E-state index < -0.39 is 35.6 Å². The highest BCUT2D eigenvalue weighted by molar-refractivity contribution is 6.31. The molecule has 3 aromatic rings. The number of nitrogens with zero attached hydrogens (tertiary/aromatic N) is 8. The molecule has 5 saturated heterocycles. The van der Waals surface area contributed by atoms with Gasteiger partial charge >= 0.3 is 6.01 Å². The third-order valence-corrected chi connectivity index (χ3v) is 12.1. The van der Waals surface area contributed by atoms with Crippen molar-refractivity contribution in [2.45, 2.75) is 74.8 Å². The van der Waals surface area contributed by atoms with E-state index in [0.717, 1.165) is 32.2 Å². The molecule has 5 aliphatic heterocycles. The maximum absolute atomic E-state index is 16.6. The van der Waals surface area contributed by atoms with E-state index >= 15 is 4.39 Å². The lowest BCUT2D eigenvalue weighted by Crippen LogP contribution is -2.55. The summed E-state index contributed by atoms with van der Waals surface area (Å²) in [6.45, 7) is 3.92. The van der Waals surface area contributed by atoms with E-state index in [1.54, 1.807) is 11.0 Å². The third-order valence-electron chi connectivity index (χ3n) is 11.8. The first-order chi connectivity index (χ1) is 26.2. The van der Waals surface area contributed by atoms with E-state index in [9.17, 15) is 23.2 Å². The first-order valence-corrected chi connectivity index (χ1v) is 18.9. The molecule has 1 aromatic carbocycles. The fourth-order valence-corrected chi connectivity index (χ4v) is 9.38. The zero-order valence-corrected chi connectivity index (χ0v) is 30.4. The number of morpholine rings is 1. The molecule has 7 heterocycles. The molecule has 0 radical (unpaired) electrons. The van der Waals surface area contributed by atoms with Crippen LogP contribution in [0.2, 0.25) is 5.02 Å². The summed E-state index contributed by atoms with van der Waals surface area (Å²) in [7, 11) is 0. The van der Waals surface area contributed by atoms with Crippen LogP contribution in [-0.2, 0) is 9.53 Å². The number of anilines is 1. The summed E-state index contributed by atoms with van der Waals surface area (Å²) in [5.41, 5.74) is -1.82.